The van der Waals surface area contributed by atoms with Crippen LogP contribution < -0.4 is 33.2 Å². The van der Waals surface area contributed by atoms with Crippen LogP contribution >= 0.6 is 0 Å². The van der Waals surface area contributed by atoms with Crippen LogP contribution in [0.1, 0.15) is 114 Å². The summed E-state index contributed by atoms with van der Waals surface area (Å²) in [5.41, 5.74) is 5.77. The lowest BCUT2D eigenvalue weighted by Crippen LogP contribution is -1.99. The highest BCUT2D eigenvalue weighted by molar-refractivity contribution is 5.38. The maximum absolute atomic E-state index is 5.43. The Kier molecular flexibility index (Phi) is 20.6. The van der Waals surface area contributed by atoms with Crippen molar-refractivity contribution in [2.24, 2.45) is 0 Å². The first-order valence-electron chi connectivity index (χ1n) is 17.5. The molecule has 52 heavy (non-hydrogen) atoms. The number of hydrogen-bond donors (Lipinski definition) is 0. The van der Waals surface area contributed by atoms with Gasteiger partial charge in [0.25, 0.3) is 11.8 Å². The molecule has 4 heterocycles. The SMILES string of the molecule is CCOc1cc(C(C)C)cnc1OC.COc1cc(C(C)C)cc(C)n1.COc1cc(C(C)C)cc(OC)n1.COc1cc(C(C)C)cnc1OC. The third-order valence-corrected chi connectivity index (χ3v) is 7.63. The van der Waals surface area contributed by atoms with E-state index in [2.05, 4.69) is 81.4 Å². The number of aryl methyl sites for hydroxylation is 1. The zero-order chi connectivity index (χ0) is 39.4. The van der Waals surface area contributed by atoms with Crippen LogP contribution in [0.4, 0.5) is 0 Å². The second-order valence-electron chi connectivity index (χ2n) is 12.9. The fraction of sp³-hybridized carbons (Fsp3) is 0.512. The number of methoxy groups -OCH3 is 6. The summed E-state index contributed by atoms with van der Waals surface area (Å²) in [4.78, 5) is 16.7. The molecule has 0 bridgehead atoms. The van der Waals surface area contributed by atoms with Gasteiger partial charge in [-0.2, -0.15) is 4.98 Å². The minimum atomic E-state index is 0.450. The van der Waals surface area contributed by atoms with Gasteiger partial charge in [-0.1, -0.05) is 55.4 Å². The highest BCUT2D eigenvalue weighted by atomic mass is 16.5. The number of nitrogens with zero attached hydrogens (tertiary/aromatic N) is 4. The average molecular weight is 723 g/mol. The fourth-order valence-electron chi connectivity index (χ4n) is 4.38. The van der Waals surface area contributed by atoms with Gasteiger partial charge in [-0.15, -0.1) is 0 Å². The van der Waals surface area contributed by atoms with Gasteiger partial charge >= 0.3 is 0 Å². The van der Waals surface area contributed by atoms with E-state index in [9.17, 15) is 0 Å². The van der Waals surface area contributed by atoms with Crippen molar-refractivity contribution in [3.63, 3.8) is 0 Å². The van der Waals surface area contributed by atoms with E-state index in [-0.39, 0.29) is 0 Å². The van der Waals surface area contributed by atoms with Crippen molar-refractivity contribution < 1.29 is 33.2 Å². The van der Waals surface area contributed by atoms with Crippen LogP contribution in [0.2, 0.25) is 0 Å². The van der Waals surface area contributed by atoms with E-state index in [4.69, 9.17) is 33.2 Å². The number of rotatable bonds is 12. The lowest BCUT2D eigenvalue weighted by molar-refractivity contribution is 0.303. The molecule has 0 amide bonds. The smallest absolute Gasteiger partial charge is 0.256 e. The molecule has 11 nitrogen and oxygen atoms in total. The van der Waals surface area contributed by atoms with Gasteiger partial charge in [-0.25, -0.2) is 15.0 Å². The molecule has 0 fully saturated rings. The zero-order valence-electron chi connectivity index (χ0n) is 34.3. The second kappa shape index (κ2) is 23.6. The third-order valence-electron chi connectivity index (χ3n) is 7.63. The van der Waals surface area contributed by atoms with E-state index in [0.717, 1.165) is 22.6 Å². The largest absolute Gasteiger partial charge is 0.491 e. The summed E-state index contributed by atoms with van der Waals surface area (Å²) in [6.07, 6.45) is 3.64. The molecule has 11 heteroatoms. The molecule has 0 radical (unpaired) electrons. The molecule has 0 unspecified atom stereocenters. The lowest BCUT2D eigenvalue weighted by atomic mass is 10.0. The third kappa shape index (κ3) is 15.2. The van der Waals surface area contributed by atoms with Crippen molar-refractivity contribution in [2.45, 2.75) is 92.9 Å². The topological polar surface area (TPSA) is 116 Å². The van der Waals surface area contributed by atoms with E-state index in [1.54, 1.807) is 42.7 Å². The van der Waals surface area contributed by atoms with E-state index in [0.29, 0.717) is 65.4 Å². The summed E-state index contributed by atoms with van der Waals surface area (Å²) < 4.78 is 35.9. The first-order valence-corrected chi connectivity index (χ1v) is 17.5. The highest BCUT2D eigenvalue weighted by Crippen LogP contribution is 2.29. The van der Waals surface area contributed by atoms with Crippen LogP contribution in [0.3, 0.4) is 0 Å². The predicted molar refractivity (Wildman–Crippen MR) is 209 cm³/mol. The van der Waals surface area contributed by atoms with Gasteiger partial charge in [0.1, 0.15) is 0 Å². The molecule has 0 aliphatic rings. The Bertz CT molecular complexity index is 1590. The first-order chi connectivity index (χ1) is 24.7. The van der Waals surface area contributed by atoms with Crippen LogP contribution in [0.5, 0.6) is 40.9 Å². The second-order valence-corrected chi connectivity index (χ2v) is 12.9. The molecule has 0 aliphatic heterocycles. The Labute approximate surface area is 312 Å². The Morgan fingerprint density at radius 1 is 0.462 bits per heavy atom. The molecule has 0 saturated heterocycles. The Morgan fingerprint density at radius 3 is 1.21 bits per heavy atom. The molecular formula is C41H62N4O7. The lowest BCUT2D eigenvalue weighted by Gasteiger charge is -2.11. The highest BCUT2D eigenvalue weighted by Gasteiger charge is 2.10. The van der Waals surface area contributed by atoms with E-state index in [1.807, 2.05) is 56.6 Å². The molecule has 0 atom stereocenters. The monoisotopic (exact) mass is 722 g/mol. The summed E-state index contributed by atoms with van der Waals surface area (Å²) in [6.45, 7) is 21.6. The summed E-state index contributed by atoms with van der Waals surface area (Å²) >= 11 is 0. The maximum atomic E-state index is 5.43. The molecule has 4 aromatic rings. The average Bonchev–Trinajstić information content (AvgIpc) is 3.14. The van der Waals surface area contributed by atoms with Gasteiger partial charge in [0.2, 0.25) is 17.6 Å². The molecule has 4 rings (SSSR count). The maximum Gasteiger partial charge on any atom is 0.256 e. The summed E-state index contributed by atoms with van der Waals surface area (Å²) in [7, 11) is 9.65. The van der Waals surface area contributed by atoms with Crippen molar-refractivity contribution in [3.8, 4) is 40.9 Å². The minimum Gasteiger partial charge on any atom is -0.491 e. The van der Waals surface area contributed by atoms with E-state index < -0.39 is 0 Å². The van der Waals surface area contributed by atoms with Gasteiger partial charge < -0.3 is 33.2 Å². The van der Waals surface area contributed by atoms with Gasteiger partial charge in [-0.05, 0) is 78.0 Å². The van der Waals surface area contributed by atoms with Crippen molar-refractivity contribution in [2.75, 3.05) is 49.3 Å². The molecule has 0 spiro atoms. The quantitative estimate of drug-likeness (QED) is 0.139. The van der Waals surface area contributed by atoms with Gasteiger partial charge in [0, 0.05) is 36.3 Å². The van der Waals surface area contributed by atoms with E-state index in [1.165, 1.54) is 11.1 Å². The fourth-order valence-corrected chi connectivity index (χ4v) is 4.38. The van der Waals surface area contributed by atoms with Crippen molar-refractivity contribution in [3.05, 3.63) is 76.7 Å². The van der Waals surface area contributed by atoms with Crippen LogP contribution in [0, 0.1) is 6.92 Å². The Morgan fingerprint density at radius 2 is 0.846 bits per heavy atom. The summed E-state index contributed by atoms with van der Waals surface area (Å²) in [5, 5.41) is 0. The zero-order valence-corrected chi connectivity index (χ0v) is 34.3. The first kappa shape index (κ1) is 45.2. The molecular weight excluding hydrogens is 660 g/mol. The normalized spacial score (nSPS) is 10.3. The standard InChI is InChI=1S/C11H17NO2.2C10H15NO2.C10H15NO/c1-5-14-10-6-9(8(2)3)7-12-11(10)13-4;1-7(2)8-5-9(12-3)10(13-4)11-6-8;1-7(2)8-5-9(12-3)11-10(6-8)13-4;1-7(2)9-5-8(3)11-10(6-9)12-4/h6-8H,5H2,1-4H3;2*5-7H,1-4H3;5-7H,1-4H3. The molecule has 288 valence electrons. The van der Waals surface area contributed by atoms with E-state index >= 15 is 0 Å². The molecule has 0 aromatic carbocycles. The van der Waals surface area contributed by atoms with Crippen molar-refractivity contribution >= 4 is 0 Å². The molecule has 0 aliphatic carbocycles. The van der Waals surface area contributed by atoms with Gasteiger partial charge in [-0.3, -0.25) is 0 Å². The van der Waals surface area contributed by atoms with Crippen molar-refractivity contribution in [1.82, 2.24) is 19.9 Å². The van der Waals surface area contributed by atoms with Crippen molar-refractivity contribution in [1.29, 1.82) is 0 Å². The Hall–Kier alpha value is -4.80. The molecule has 4 aromatic heterocycles. The number of aromatic nitrogens is 4. The predicted octanol–water partition coefficient (Wildman–Crippen LogP) is 9.58. The molecule has 0 saturated carbocycles. The van der Waals surface area contributed by atoms with Crippen LogP contribution in [0.25, 0.3) is 0 Å². The van der Waals surface area contributed by atoms with Crippen LogP contribution in [0.15, 0.2) is 48.8 Å². The minimum absolute atomic E-state index is 0.450. The number of ether oxygens (including phenoxy) is 7. The number of pyridine rings is 4. The van der Waals surface area contributed by atoms with Crippen LogP contribution in [-0.4, -0.2) is 69.2 Å². The summed E-state index contributed by atoms with van der Waals surface area (Å²) in [5.74, 6) is 6.29. The van der Waals surface area contributed by atoms with Gasteiger partial charge in [0.15, 0.2) is 11.5 Å². The van der Waals surface area contributed by atoms with Crippen LogP contribution in [-0.2, 0) is 0 Å². The molecule has 0 N–H and O–H groups in total. The van der Waals surface area contributed by atoms with Gasteiger partial charge in [0.05, 0.1) is 49.3 Å². The Balaban J connectivity index is 0.000000347. The summed E-state index contributed by atoms with van der Waals surface area (Å²) in [6, 6.07) is 11.9. The number of hydrogen-bond acceptors (Lipinski definition) is 11.